The van der Waals surface area contributed by atoms with Crippen LogP contribution in [0.5, 0.6) is 0 Å². The van der Waals surface area contributed by atoms with Gasteiger partial charge in [-0.15, -0.1) is 0 Å². The van der Waals surface area contributed by atoms with E-state index in [2.05, 4.69) is 5.32 Å². The molecule has 1 N–H and O–H groups in total. The number of rotatable bonds is 5. The van der Waals surface area contributed by atoms with E-state index in [-0.39, 0.29) is 5.91 Å². The van der Waals surface area contributed by atoms with Crippen molar-refractivity contribution in [3.63, 3.8) is 0 Å². The van der Waals surface area contributed by atoms with Crippen LogP contribution in [-0.2, 0) is 4.79 Å². The fourth-order valence-corrected chi connectivity index (χ4v) is 1.48. The molecule has 0 unspecified atom stereocenters. The zero-order valence-electron chi connectivity index (χ0n) is 7.75. The van der Waals surface area contributed by atoms with E-state index >= 15 is 0 Å². The van der Waals surface area contributed by atoms with Gasteiger partial charge in [-0.1, -0.05) is 0 Å². The van der Waals surface area contributed by atoms with Gasteiger partial charge in [-0.3, -0.25) is 4.79 Å². The molecule has 0 radical (unpaired) electrons. The molecule has 1 saturated heterocycles. The minimum absolute atomic E-state index is 0.278. The summed E-state index contributed by atoms with van der Waals surface area (Å²) in [7, 11) is 0. The van der Waals surface area contributed by atoms with Crippen LogP contribution in [-0.4, -0.2) is 37.0 Å². The molecule has 13 heavy (non-hydrogen) atoms. The molecule has 4 heteroatoms. The molecule has 0 saturated carbocycles. The van der Waals surface area contributed by atoms with Gasteiger partial charge in [0.15, 0.2) is 0 Å². The summed E-state index contributed by atoms with van der Waals surface area (Å²) in [6.07, 6.45) is 2.66. The van der Waals surface area contributed by atoms with Crippen molar-refractivity contribution in [1.29, 1.82) is 5.26 Å². The Hall–Kier alpha value is -1.08. The Balaban J connectivity index is 2.00. The largest absolute Gasteiger partial charge is 0.343 e. The van der Waals surface area contributed by atoms with Gasteiger partial charge in [-0.05, 0) is 19.4 Å². The van der Waals surface area contributed by atoms with Crippen molar-refractivity contribution in [3.8, 4) is 6.07 Å². The zero-order chi connectivity index (χ0) is 9.52. The van der Waals surface area contributed by atoms with Crippen LogP contribution >= 0.6 is 0 Å². The maximum absolute atomic E-state index is 11.1. The van der Waals surface area contributed by atoms with Gasteiger partial charge < -0.3 is 10.2 Å². The molecule has 1 aliphatic rings. The van der Waals surface area contributed by atoms with Crippen LogP contribution in [0.3, 0.4) is 0 Å². The quantitative estimate of drug-likeness (QED) is 0.484. The van der Waals surface area contributed by atoms with Gasteiger partial charge in [0, 0.05) is 19.5 Å². The average Bonchev–Trinajstić information content (AvgIpc) is 2.52. The Morgan fingerprint density at radius 2 is 2.46 bits per heavy atom. The van der Waals surface area contributed by atoms with E-state index in [1.165, 1.54) is 0 Å². The van der Waals surface area contributed by atoms with E-state index < -0.39 is 0 Å². The predicted octanol–water partition coefficient (Wildman–Crippen LogP) is 0.112. The second-order valence-electron chi connectivity index (χ2n) is 3.17. The molecular weight excluding hydrogens is 166 g/mol. The molecule has 0 aromatic carbocycles. The van der Waals surface area contributed by atoms with Gasteiger partial charge in [0.2, 0.25) is 5.91 Å². The maximum Gasteiger partial charge on any atom is 0.222 e. The topological polar surface area (TPSA) is 56.1 Å². The van der Waals surface area contributed by atoms with E-state index in [1.807, 2.05) is 11.0 Å². The fourth-order valence-electron chi connectivity index (χ4n) is 1.48. The smallest absolute Gasteiger partial charge is 0.222 e. The third kappa shape index (κ3) is 3.43. The molecule has 0 aliphatic carbocycles. The van der Waals surface area contributed by atoms with Crippen LogP contribution in [0.4, 0.5) is 0 Å². The van der Waals surface area contributed by atoms with Crippen molar-refractivity contribution in [3.05, 3.63) is 0 Å². The van der Waals surface area contributed by atoms with Crippen LogP contribution in [0.15, 0.2) is 0 Å². The highest BCUT2D eigenvalue weighted by Gasteiger charge is 2.18. The number of nitriles is 1. The molecule has 0 spiro atoms. The first-order chi connectivity index (χ1) is 6.34. The molecule has 0 atom stereocenters. The first kappa shape index (κ1) is 10.0. The Morgan fingerprint density at radius 3 is 3.08 bits per heavy atom. The SMILES string of the molecule is N#CCNCCCN1CCCC1=O. The Labute approximate surface area is 78.5 Å². The molecule has 0 aromatic heterocycles. The van der Waals surface area contributed by atoms with Crippen molar-refractivity contribution in [2.45, 2.75) is 19.3 Å². The first-order valence-corrected chi connectivity index (χ1v) is 4.70. The van der Waals surface area contributed by atoms with Crippen molar-refractivity contribution in [1.82, 2.24) is 10.2 Å². The van der Waals surface area contributed by atoms with Crippen LogP contribution in [0, 0.1) is 11.3 Å². The number of hydrogen-bond donors (Lipinski definition) is 1. The van der Waals surface area contributed by atoms with E-state index in [9.17, 15) is 4.79 Å². The van der Waals surface area contributed by atoms with Gasteiger partial charge in [0.1, 0.15) is 0 Å². The lowest BCUT2D eigenvalue weighted by molar-refractivity contribution is -0.127. The van der Waals surface area contributed by atoms with Crippen LogP contribution in [0.1, 0.15) is 19.3 Å². The van der Waals surface area contributed by atoms with E-state index in [4.69, 9.17) is 5.26 Å². The molecule has 1 amide bonds. The summed E-state index contributed by atoms with van der Waals surface area (Å²) in [5.74, 6) is 0.278. The predicted molar refractivity (Wildman–Crippen MR) is 48.9 cm³/mol. The fraction of sp³-hybridized carbons (Fsp3) is 0.778. The lowest BCUT2D eigenvalue weighted by Gasteiger charge is -2.14. The summed E-state index contributed by atoms with van der Waals surface area (Å²) >= 11 is 0. The molecule has 1 rings (SSSR count). The summed E-state index contributed by atoms with van der Waals surface area (Å²) in [6.45, 7) is 2.96. The van der Waals surface area contributed by atoms with Crippen LogP contribution in [0.25, 0.3) is 0 Å². The number of amides is 1. The minimum atomic E-state index is 0.278. The number of carbonyl (C=O) groups excluding carboxylic acids is 1. The molecular formula is C9H15N3O. The average molecular weight is 181 g/mol. The number of nitrogens with one attached hydrogen (secondary N) is 1. The third-order valence-electron chi connectivity index (χ3n) is 2.16. The highest BCUT2D eigenvalue weighted by atomic mass is 16.2. The monoisotopic (exact) mass is 181 g/mol. The van der Waals surface area contributed by atoms with Gasteiger partial charge >= 0.3 is 0 Å². The number of likely N-dealkylation sites (tertiary alicyclic amines) is 1. The highest BCUT2D eigenvalue weighted by molar-refractivity contribution is 5.77. The van der Waals surface area contributed by atoms with E-state index in [1.54, 1.807) is 0 Å². The number of nitrogens with zero attached hydrogens (tertiary/aromatic N) is 2. The van der Waals surface area contributed by atoms with Gasteiger partial charge in [0.05, 0.1) is 12.6 Å². The number of carbonyl (C=O) groups is 1. The number of hydrogen-bond acceptors (Lipinski definition) is 3. The molecule has 0 aromatic rings. The normalized spacial score (nSPS) is 16.2. The molecule has 4 nitrogen and oxygen atoms in total. The van der Waals surface area contributed by atoms with Gasteiger partial charge in [0.25, 0.3) is 0 Å². The standard InChI is InChI=1S/C9H15N3O/c10-4-6-11-5-2-8-12-7-1-3-9(12)13/h11H,1-3,5-8H2. The molecule has 1 heterocycles. The third-order valence-corrected chi connectivity index (χ3v) is 2.16. The second kappa shape index (κ2) is 5.55. The summed E-state index contributed by atoms with van der Waals surface area (Å²) in [6, 6.07) is 2.01. The summed E-state index contributed by atoms with van der Waals surface area (Å²) in [4.78, 5) is 13.0. The van der Waals surface area contributed by atoms with Crippen molar-refractivity contribution in [2.24, 2.45) is 0 Å². The summed E-state index contributed by atoms with van der Waals surface area (Å²) in [5, 5.41) is 11.2. The zero-order valence-corrected chi connectivity index (χ0v) is 7.75. The van der Waals surface area contributed by atoms with E-state index in [0.717, 1.165) is 32.5 Å². The van der Waals surface area contributed by atoms with Gasteiger partial charge in [-0.2, -0.15) is 5.26 Å². The van der Waals surface area contributed by atoms with Crippen molar-refractivity contribution < 1.29 is 4.79 Å². The van der Waals surface area contributed by atoms with Crippen LogP contribution in [0.2, 0.25) is 0 Å². The summed E-state index contributed by atoms with van der Waals surface area (Å²) < 4.78 is 0. The lowest BCUT2D eigenvalue weighted by atomic mass is 10.4. The maximum atomic E-state index is 11.1. The first-order valence-electron chi connectivity index (χ1n) is 4.70. The van der Waals surface area contributed by atoms with Gasteiger partial charge in [-0.25, -0.2) is 0 Å². The molecule has 72 valence electrons. The Morgan fingerprint density at radius 1 is 1.62 bits per heavy atom. The molecule has 0 bridgehead atoms. The van der Waals surface area contributed by atoms with Crippen molar-refractivity contribution in [2.75, 3.05) is 26.2 Å². The molecule has 1 aliphatic heterocycles. The minimum Gasteiger partial charge on any atom is -0.343 e. The lowest BCUT2D eigenvalue weighted by Crippen LogP contribution is -2.28. The van der Waals surface area contributed by atoms with E-state index in [0.29, 0.717) is 13.0 Å². The highest BCUT2D eigenvalue weighted by Crippen LogP contribution is 2.08. The van der Waals surface area contributed by atoms with Crippen LogP contribution < -0.4 is 5.32 Å². The van der Waals surface area contributed by atoms with Crippen molar-refractivity contribution >= 4 is 5.91 Å². The Bertz CT molecular complexity index is 209. The second-order valence-corrected chi connectivity index (χ2v) is 3.17. The summed E-state index contributed by atoms with van der Waals surface area (Å²) in [5.41, 5.74) is 0. The Kier molecular flexibility index (Phi) is 4.27. The molecule has 1 fully saturated rings.